The molecule has 1 aromatic rings. The molecule has 1 aliphatic heterocycles. The van der Waals surface area contributed by atoms with E-state index in [1.165, 1.54) is 12.8 Å². The molecule has 3 nitrogen and oxygen atoms in total. The van der Waals surface area contributed by atoms with E-state index < -0.39 is 0 Å². The van der Waals surface area contributed by atoms with Gasteiger partial charge in [0, 0.05) is 33.0 Å². The Labute approximate surface area is 105 Å². The van der Waals surface area contributed by atoms with Crippen molar-refractivity contribution in [1.82, 2.24) is 4.98 Å². The van der Waals surface area contributed by atoms with Crippen molar-refractivity contribution in [2.75, 3.05) is 31.7 Å². The van der Waals surface area contributed by atoms with Gasteiger partial charge in [0.2, 0.25) is 0 Å². The Balaban J connectivity index is 1.96. The van der Waals surface area contributed by atoms with Gasteiger partial charge in [-0.1, -0.05) is 0 Å². The van der Waals surface area contributed by atoms with E-state index in [4.69, 9.17) is 4.74 Å². The van der Waals surface area contributed by atoms with E-state index >= 15 is 0 Å². The van der Waals surface area contributed by atoms with Crippen LogP contribution in [0, 0.1) is 5.92 Å². The summed E-state index contributed by atoms with van der Waals surface area (Å²) in [7, 11) is 1.78. The van der Waals surface area contributed by atoms with E-state index in [-0.39, 0.29) is 0 Å². The molecule has 0 unspecified atom stereocenters. The molecule has 0 N–H and O–H groups in total. The summed E-state index contributed by atoms with van der Waals surface area (Å²) in [5, 5.41) is 0. The number of halogens is 1. The van der Waals surface area contributed by atoms with Crippen LogP contribution < -0.4 is 4.90 Å². The maximum Gasteiger partial charge on any atom is 0.142 e. The van der Waals surface area contributed by atoms with Gasteiger partial charge < -0.3 is 9.64 Å². The molecule has 88 valence electrons. The standard InChI is InChI=1S/C12H17BrN2O/c1-16-9-10-4-7-15(8-5-10)12-11(13)3-2-6-14-12/h2-3,6,10H,4-5,7-9H2,1H3. The van der Waals surface area contributed by atoms with Crippen LogP contribution in [-0.2, 0) is 4.74 Å². The molecule has 0 aromatic carbocycles. The number of piperidine rings is 1. The van der Waals surface area contributed by atoms with Crippen molar-refractivity contribution >= 4 is 21.7 Å². The van der Waals surface area contributed by atoms with Crippen LogP contribution in [0.2, 0.25) is 0 Å². The molecule has 1 aliphatic rings. The Kier molecular flexibility index (Phi) is 4.18. The summed E-state index contributed by atoms with van der Waals surface area (Å²) in [5.41, 5.74) is 0. The van der Waals surface area contributed by atoms with E-state index in [1.807, 2.05) is 18.3 Å². The van der Waals surface area contributed by atoms with Crippen LogP contribution in [0.5, 0.6) is 0 Å². The lowest BCUT2D eigenvalue weighted by atomic mass is 9.98. The average Bonchev–Trinajstić information content (AvgIpc) is 2.31. The molecule has 1 aromatic heterocycles. The summed E-state index contributed by atoms with van der Waals surface area (Å²) in [6.07, 6.45) is 4.23. The van der Waals surface area contributed by atoms with Crippen LogP contribution >= 0.6 is 15.9 Å². The van der Waals surface area contributed by atoms with Crippen molar-refractivity contribution in [3.63, 3.8) is 0 Å². The molecule has 1 saturated heterocycles. The van der Waals surface area contributed by atoms with Crippen LogP contribution in [0.3, 0.4) is 0 Å². The summed E-state index contributed by atoms with van der Waals surface area (Å²) in [4.78, 5) is 6.76. The van der Waals surface area contributed by atoms with E-state index in [0.717, 1.165) is 30.0 Å². The number of hydrogen-bond acceptors (Lipinski definition) is 3. The Hall–Kier alpha value is -0.610. The summed E-state index contributed by atoms with van der Waals surface area (Å²) in [5.74, 6) is 1.78. The normalized spacial score (nSPS) is 17.8. The number of nitrogens with zero attached hydrogens (tertiary/aromatic N) is 2. The second kappa shape index (κ2) is 5.64. The Morgan fingerprint density at radius 1 is 1.50 bits per heavy atom. The molecular formula is C12H17BrN2O. The highest BCUT2D eigenvalue weighted by molar-refractivity contribution is 9.10. The highest BCUT2D eigenvalue weighted by Crippen LogP contribution is 2.27. The van der Waals surface area contributed by atoms with Crippen molar-refractivity contribution in [2.24, 2.45) is 5.92 Å². The van der Waals surface area contributed by atoms with Gasteiger partial charge in [0.25, 0.3) is 0 Å². The first-order valence-electron chi connectivity index (χ1n) is 5.65. The van der Waals surface area contributed by atoms with Crippen LogP contribution in [0.15, 0.2) is 22.8 Å². The van der Waals surface area contributed by atoms with E-state index in [2.05, 4.69) is 25.8 Å². The molecule has 4 heteroatoms. The third-order valence-corrected chi connectivity index (χ3v) is 3.67. The van der Waals surface area contributed by atoms with Gasteiger partial charge in [-0.15, -0.1) is 0 Å². The number of ether oxygens (including phenoxy) is 1. The van der Waals surface area contributed by atoms with Gasteiger partial charge in [-0.25, -0.2) is 4.98 Å². The zero-order valence-corrected chi connectivity index (χ0v) is 11.1. The maximum absolute atomic E-state index is 5.20. The second-order valence-electron chi connectivity index (χ2n) is 4.19. The highest BCUT2D eigenvalue weighted by atomic mass is 79.9. The Morgan fingerprint density at radius 2 is 2.25 bits per heavy atom. The zero-order chi connectivity index (χ0) is 11.4. The fourth-order valence-corrected chi connectivity index (χ4v) is 2.66. The Bertz CT molecular complexity index is 338. The van der Waals surface area contributed by atoms with Crippen molar-refractivity contribution in [3.05, 3.63) is 22.8 Å². The molecule has 1 fully saturated rings. The summed E-state index contributed by atoms with van der Waals surface area (Å²) < 4.78 is 6.29. The van der Waals surface area contributed by atoms with E-state index in [9.17, 15) is 0 Å². The SMILES string of the molecule is COCC1CCN(c2ncccc2Br)CC1. The minimum Gasteiger partial charge on any atom is -0.384 e. The van der Waals surface area contributed by atoms with Crippen LogP contribution in [0.4, 0.5) is 5.82 Å². The van der Waals surface area contributed by atoms with E-state index in [0.29, 0.717) is 5.92 Å². The lowest BCUT2D eigenvalue weighted by Crippen LogP contribution is -2.35. The molecule has 0 spiro atoms. The van der Waals surface area contributed by atoms with Crippen LogP contribution in [0.1, 0.15) is 12.8 Å². The first kappa shape index (κ1) is 11.9. The molecule has 2 rings (SSSR count). The molecule has 0 saturated carbocycles. The first-order valence-corrected chi connectivity index (χ1v) is 6.45. The predicted octanol–water partition coefficient (Wildman–Crippen LogP) is 2.71. The molecule has 0 bridgehead atoms. The summed E-state index contributed by atoms with van der Waals surface area (Å²) >= 11 is 3.55. The van der Waals surface area contributed by atoms with Crippen molar-refractivity contribution < 1.29 is 4.74 Å². The molecule has 0 aliphatic carbocycles. The van der Waals surface area contributed by atoms with Gasteiger partial charge in [0.05, 0.1) is 4.47 Å². The fraction of sp³-hybridized carbons (Fsp3) is 0.583. The van der Waals surface area contributed by atoms with Crippen LogP contribution in [-0.4, -0.2) is 31.8 Å². The van der Waals surface area contributed by atoms with Gasteiger partial charge >= 0.3 is 0 Å². The smallest absolute Gasteiger partial charge is 0.142 e. The van der Waals surface area contributed by atoms with E-state index in [1.54, 1.807) is 7.11 Å². The van der Waals surface area contributed by atoms with Crippen LogP contribution in [0.25, 0.3) is 0 Å². The molecule has 2 heterocycles. The summed E-state index contributed by atoms with van der Waals surface area (Å²) in [6, 6.07) is 3.99. The second-order valence-corrected chi connectivity index (χ2v) is 5.05. The average molecular weight is 285 g/mol. The number of hydrogen-bond donors (Lipinski definition) is 0. The van der Waals surface area contributed by atoms with Gasteiger partial charge in [-0.3, -0.25) is 0 Å². The molecule has 0 atom stereocenters. The number of pyridine rings is 1. The lowest BCUT2D eigenvalue weighted by Gasteiger charge is -2.32. The third-order valence-electron chi connectivity index (χ3n) is 3.06. The van der Waals surface area contributed by atoms with Gasteiger partial charge in [-0.2, -0.15) is 0 Å². The maximum atomic E-state index is 5.20. The third kappa shape index (κ3) is 2.74. The zero-order valence-electron chi connectivity index (χ0n) is 9.53. The van der Waals surface area contributed by atoms with Crippen molar-refractivity contribution in [1.29, 1.82) is 0 Å². The minimum absolute atomic E-state index is 0.712. The monoisotopic (exact) mass is 284 g/mol. The minimum atomic E-state index is 0.712. The fourth-order valence-electron chi connectivity index (χ4n) is 2.16. The Morgan fingerprint density at radius 3 is 2.88 bits per heavy atom. The van der Waals surface area contributed by atoms with Gasteiger partial charge in [-0.05, 0) is 46.8 Å². The quantitative estimate of drug-likeness (QED) is 0.854. The lowest BCUT2D eigenvalue weighted by molar-refractivity contribution is 0.139. The molecular weight excluding hydrogens is 268 g/mol. The molecule has 0 amide bonds. The predicted molar refractivity (Wildman–Crippen MR) is 68.8 cm³/mol. The van der Waals surface area contributed by atoms with Gasteiger partial charge in [0.1, 0.15) is 5.82 Å². The molecule has 16 heavy (non-hydrogen) atoms. The number of rotatable bonds is 3. The first-order chi connectivity index (χ1) is 7.81. The number of aromatic nitrogens is 1. The number of anilines is 1. The van der Waals surface area contributed by atoms with Crippen molar-refractivity contribution in [2.45, 2.75) is 12.8 Å². The topological polar surface area (TPSA) is 25.4 Å². The molecule has 0 radical (unpaired) electrons. The highest BCUT2D eigenvalue weighted by Gasteiger charge is 2.20. The van der Waals surface area contributed by atoms with Crippen molar-refractivity contribution in [3.8, 4) is 0 Å². The largest absolute Gasteiger partial charge is 0.384 e. The summed E-state index contributed by atoms with van der Waals surface area (Å²) in [6.45, 7) is 3.03. The van der Waals surface area contributed by atoms with Gasteiger partial charge in [0.15, 0.2) is 0 Å². The number of methoxy groups -OCH3 is 1.